The second-order valence-corrected chi connectivity index (χ2v) is 8.35. The molecule has 0 N–H and O–H groups in total. The fourth-order valence-electron chi connectivity index (χ4n) is 2.91. The number of hydrogen-bond donors (Lipinski definition) is 0. The number of rotatable bonds is 5. The normalized spacial score (nSPS) is 13.9. The molecule has 150 valence electrons. The maximum absolute atomic E-state index is 14.5. The highest BCUT2D eigenvalue weighted by Gasteiger charge is 2.30. The lowest BCUT2D eigenvalue weighted by molar-refractivity contribution is -0.120. The van der Waals surface area contributed by atoms with E-state index in [1.807, 2.05) is 6.07 Å². The molecule has 0 spiro atoms. The third-order valence-electron chi connectivity index (χ3n) is 4.05. The van der Waals surface area contributed by atoms with Crippen LogP contribution in [-0.4, -0.2) is 55.9 Å². The van der Waals surface area contributed by atoms with Gasteiger partial charge in [0.15, 0.2) is 0 Å². The second kappa shape index (κ2) is 9.01. The van der Waals surface area contributed by atoms with Crippen LogP contribution < -0.4 is 4.90 Å². The minimum Gasteiger partial charge on any atom is -0.444 e. The van der Waals surface area contributed by atoms with Crippen molar-refractivity contribution in [2.75, 3.05) is 38.3 Å². The molecular weight excluding hydrogens is 419 g/mol. The van der Waals surface area contributed by atoms with E-state index in [0.717, 1.165) is 12.0 Å². The summed E-state index contributed by atoms with van der Waals surface area (Å²) in [6.45, 7) is 5.97. The molecule has 1 aromatic carbocycles. The Kier molecular flexibility index (Phi) is 7.22. The number of methoxy groups -OCH3 is 1. The number of ether oxygens (including phenoxy) is 2. The predicted molar refractivity (Wildman–Crippen MR) is 104 cm³/mol. The highest BCUT2D eigenvalue weighted by atomic mass is 79.9. The van der Waals surface area contributed by atoms with Crippen LogP contribution in [0.3, 0.4) is 0 Å². The molecule has 0 atom stereocenters. The van der Waals surface area contributed by atoms with Gasteiger partial charge in [-0.2, -0.15) is 0 Å². The maximum atomic E-state index is 14.5. The minimum atomic E-state index is -0.679. The minimum absolute atomic E-state index is 0.201. The summed E-state index contributed by atoms with van der Waals surface area (Å²) < 4.78 is 25.6. The van der Waals surface area contributed by atoms with Crippen molar-refractivity contribution >= 4 is 33.6 Å². The van der Waals surface area contributed by atoms with E-state index in [1.54, 1.807) is 20.8 Å². The number of anilines is 1. The first-order chi connectivity index (χ1) is 12.6. The van der Waals surface area contributed by atoms with E-state index in [-0.39, 0.29) is 25.6 Å². The van der Waals surface area contributed by atoms with Crippen molar-refractivity contribution in [2.45, 2.75) is 39.2 Å². The zero-order valence-corrected chi connectivity index (χ0v) is 17.8. The summed E-state index contributed by atoms with van der Waals surface area (Å²) in [6.07, 6.45) is 0.843. The van der Waals surface area contributed by atoms with Crippen LogP contribution in [0.1, 0.15) is 32.8 Å². The van der Waals surface area contributed by atoms with Crippen LogP contribution in [0.2, 0.25) is 0 Å². The molecule has 0 aromatic heterocycles. The van der Waals surface area contributed by atoms with Crippen molar-refractivity contribution in [3.8, 4) is 0 Å². The van der Waals surface area contributed by atoms with Gasteiger partial charge in [0.05, 0.1) is 12.3 Å². The molecule has 0 bridgehead atoms. The Bertz CT molecular complexity index is 706. The lowest BCUT2D eigenvalue weighted by atomic mass is 10.0. The summed E-state index contributed by atoms with van der Waals surface area (Å²) in [7, 11) is 1.52. The zero-order chi connectivity index (χ0) is 20.2. The van der Waals surface area contributed by atoms with Gasteiger partial charge < -0.3 is 14.4 Å². The number of benzene rings is 1. The Hall–Kier alpha value is -1.67. The number of halogens is 2. The van der Waals surface area contributed by atoms with Crippen molar-refractivity contribution in [1.82, 2.24) is 4.90 Å². The Morgan fingerprint density at radius 3 is 2.67 bits per heavy atom. The van der Waals surface area contributed by atoms with E-state index in [0.29, 0.717) is 23.1 Å². The molecule has 6 nitrogen and oxygen atoms in total. The molecule has 0 fully saturated rings. The van der Waals surface area contributed by atoms with Crippen molar-refractivity contribution in [3.05, 3.63) is 28.0 Å². The quantitative estimate of drug-likeness (QED) is 0.693. The van der Waals surface area contributed by atoms with Gasteiger partial charge in [-0.3, -0.25) is 9.69 Å². The van der Waals surface area contributed by atoms with Gasteiger partial charge in [0.2, 0.25) is 5.91 Å². The first kappa shape index (κ1) is 21.6. The first-order valence-corrected chi connectivity index (χ1v) is 9.67. The summed E-state index contributed by atoms with van der Waals surface area (Å²) >= 11 is 3.29. The number of amides is 2. The lowest BCUT2D eigenvalue weighted by Gasteiger charge is -2.32. The van der Waals surface area contributed by atoms with Crippen LogP contribution in [0.15, 0.2) is 16.6 Å². The summed E-state index contributed by atoms with van der Waals surface area (Å²) in [5.41, 5.74) is 0.397. The third kappa shape index (κ3) is 5.90. The molecule has 2 amide bonds. The highest BCUT2D eigenvalue weighted by molar-refractivity contribution is 9.10. The van der Waals surface area contributed by atoms with Crippen molar-refractivity contribution in [1.29, 1.82) is 0 Å². The molecule has 1 aromatic rings. The Morgan fingerprint density at radius 1 is 1.33 bits per heavy atom. The van der Waals surface area contributed by atoms with Crippen LogP contribution in [0, 0.1) is 5.82 Å². The van der Waals surface area contributed by atoms with Crippen LogP contribution in [0.25, 0.3) is 0 Å². The van der Waals surface area contributed by atoms with Crippen LogP contribution in [0.4, 0.5) is 14.9 Å². The predicted octanol–water partition coefficient (Wildman–Crippen LogP) is 3.75. The van der Waals surface area contributed by atoms with Gasteiger partial charge in [-0.1, -0.05) is 15.9 Å². The van der Waals surface area contributed by atoms with Crippen molar-refractivity contribution in [3.63, 3.8) is 0 Å². The average molecular weight is 445 g/mol. The lowest BCUT2D eigenvalue weighted by Crippen LogP contribution is -2.47. The molecular formula is C19H26BrFN2O4. The van der Waals surface area contributed by atoms with E-state index >= 15 is 0 Å². The van der Waals surface area contributed by atoms with Gasteiger partial charge in [-0.15, -0.1) is 0 Å². The molecule has 27 heavy (non-hydrogen) atoms. The summed E-state index contributed by atoms with van der Waals surface area (Å²) in [4.78, 5) is 28.1. The zero-order valence-electron chi connectivity index (χ0n) is 16.2. The first-order valence-electron chi connectivity index (χ1n) is 8.87. The molecule has 0 saturated heterocycles. The van der Waals surface area contributed by atoms with E-state index in [2.05, 4.69) is 15.9 Å². The van der Waals surface area contributed by atoms with E-state index < -0.39 is 17.5 Å². The van der Waals surface area contributed by atoms with E-state index in [9.17, 15) is 14.0 Å². The maximum Gasteiger partial charge on any atom is 0.410 e. The fourth-order valence-corrected chi connectivity index (χ4v) is 3.39. The molecule has 1 heterocycles. The largest absolute Gasteiger partial charge is 0.444 e. The number of nitrogens with zero attached hydrogens (tertiary/aromatic N) is 2. The SMILES string of the molecule is COCCN(CC(=O)N1CCCc2cc(Br)cc(F)c21)C(=O)OC(C)(C)C. The van der Waals surface area contributed by atoms with Crippen LogP contribution in [-0.2, 0) is 20.7 Å². The standard InChI is InChI=1S/C19H26BrFN2O4/c1-19(2,3)27-18(25)22(8-9-26-4)12-16(24)23-7-5-6-13-10-14(20)11-15(21)17(13)23/h10-11H,5-9,12H2,1-4H3. The Balaban J connectivity index is 2.20. The summed E-state index contributed by atoms with van der Waals surface area (Å²) in [6, 6.07) is 3.18. The highest BCUT2D eigenvalue weighted by Crippen LogP contribution is 2.33. The van der Waals surface area contributed by atoms with Gasteiger partial charge >= 0.3 is 6.09 Å². The third-order valence-corrected chi connectivity index (χ3v) is 4.51. The van der Waals surface area contributed by atoms with Gasteiger partial charge in [0, 0.05) is 24.7 Å². The van der Waals surface area contributed by atoms with Gasteiger partial charge in [0.25, 0.3) is 0 Å². The number of hydrogen-bond acceptors (Lipinski definition) is 4. The number of carbonyl (C=O) groups is 2. The Labute approximate surface area is 167 Å². The molecule has 0 aliphatic carbocycles. The summed E-state index contributed by atoms with van der Waals surface area (Å²) in [5.74, 6) is -0.799. The molecule has 0 saturated carbocycles. The van der Waals surface area contributed by atoms with Gasteiger partial charge in [-0.05, 0) is 51.3 Å². The smallest absolute Gasteiger partial charge is 0.410 e. The fraction of sp³-hybridized carbons (Fsp3) is 0.579. The van der Waals surface area contributed by atoms with Gasteiger partial charge in [0.1, 0.15) is 18.0 Å². The molecule has 0 unspecified atom stereocenters. The average Bonchev–Trinajstić information content (AvgIpc) is 2.55. The summed E-state index contributed by atoms with van der Waals surface area (Å²) in [5, 5.41) is 0. The second-order valence-electron chi connectivity index (χ2n) is 7.44. The van der Waals surface area contributed by atoms with Crippen LogP contribution >= 0.6 is 15.9 Å². The number of aryl methyl sites for hydroxylation is 1. The topological polar surface area (TPSA) is 59.1 Å². The monoisotopic (exact) mass is 444 g/mol. The van der Waals surface area contributed by atoms with Gasteiger partial charge in [-0.25, -0.2) is 9.18 Å². The molecule has 0 radical (unpaired) electrons. The van der Waals surface area contributed by atoms with E-state index in [4.69, 9.17) is 9.47 Å². The Morgan fingerprint density at radius 2 is 2.04 bits per heavy atom. The van der Waals surface area contributed by atoms with Crippen LogP contribution in [0.5, 0.6) is 0 Å². The molecule has 1 aliphatic rings. The number of fused-ring (bicyclic) bond motifs is 1. The molecule has 1 aliphatic heterocycles. The van der Waals surface area contributed by atoms with Crippen molar-refractivity contribution < 1.29 is 23.5 Å². The van der Waals surface area contributed by atoms with Crippen molar-refractivity contribution in [2.24, 2.45) is 0 Å². The number of carbonyl (C=O) groups excluding carboxylic acids is 2. The molecule has 2 rings (SSSR count). The molecule has 8 heteroatoms. The van der Waals surface area contributed by atoms with E-state index in [1.165, 1.54) is 23.0 Å².